The molecule has 1 atom stereocenters. The molecule has 1 fully saturated rings. The molecule has 0 spiro atoms. The zero-order valence-corrected chi connectivity index (χ0v) is 15.8. The monoisotopic (exact) mass is 391 g/mol. The Balaban J connectivity index is 1.75. The highest BCUT2D eigenvalue weighted by Crippen LogP contribution is 2.29. The first-order chi connectivity index (χ1) is 12.7. The lowest BCUT2D eigenvalue weighted by molar-refractivity contribution is 0.0777. The maximum atomic E-state index is 13.7. The topological polar surface area (TPSA) is 92.5 Å². The summed E-state index contributed by atoms with van der Waals surface area (Å²) in [7, 11) is -3.95. The van der Waals surface area contributed by atoms with Crippen LogP contribution in [0.15, 0.2) is 53.4 Å². The maximum absolute atomic E-state index is 13.7. The zero-order valence-electron chi connectivity index (χ0n) is 15.0. The van der Waals surface area contributed by atoms with E-state index in [0.29, 0.717) is 25.2 Å². The van der Waals surface area contributed by atoms with Gasteiger partial charge in [0.2, 0.25) is 0 Å². The van der Waals surface area contributed by atoms with Gasteiger partial charge in [-0.25, -0.2) is 12.8 Å². The van der Waals surface area contributed by atoms with E-state index >= 15 is 0 Å². The van der Waals surface area contributed by atoms with Crippen molar-refractivity contribution in [1.29, 1.82) is 0 Å². The van der Waals surface area contributed by atoms with E-state index < -0.39 is 15.8 Å². The molecule has 1 aliphatic rings. The zero-order chi connectivity index (χ0) is 19.7. The summed E-state index contributed by atoms with van der Waals surface area (Å²) < 4.78 is 40.8. The van der Waals surface area contributed by atoms with E-state index in [4.69, 9.17) is 5.73 Å². The second-order valence-electron chi connectivity index (χ2n) is 7.10. The van der Waals surface area contributed by atoms with Crippen LogP contribution in [0.1, 0.15) is 23.7 Å². The highest BCUT2D eigenvalue weighted by Gasteiger charge is 2.35. The lowest BCUT2D eigenvalue weighted by atomic mass is 9.90. The minimum atomic E-state index is -3.95. The predicted molar refractivity (Wildman–Crippen MR) is 101 cm³/mol. The van der Waals surface area contributed by atoms with E-state index in [9.17, 15) is 17.6 Å². The number of nitrogens with zero attached hydrogens (tertiary/aromatic N) is 1. The fraction of sp³-hybridized carbons (Fsp3) is 0.316. The minimum Gasteiger partial charge on any atom is -0.338 e. The van der Waals surface area contributed by atoms with E-state index in [1.165, 1.54) is 48.5 Å². The molecule has 2 aromatic rings. The number of para-hydroxylation sites is 1. The van der Waals surface area contributed by atoms with E-state index in [1.807, 2.05) is 6.92 Å². The smallest absolute Gasteiger partial charge is 0.261 e. The van der Waals surface area contributed by atoms with Gasteiger partial charge >= 0.3 is 0 Å². The number of hydrogen-bond donors (Lipinski definition) is 2. The van der Waals surface area contributed by atoms with E-state index in [-0.39, 0.29) is 21.9 Å². The lowest BCUT2D eigenvalue weighted by Crippen LogP contribution is -2.34. The van der Waals surface area contributed by atoms with Crippen molar-refractivity contribution >= 4 is 21.6 Å². The molecule has 0 saturated carbocycles. The average Bonchev–Trinajstić information content (AvgIpc) is 3.06. The molecule has 1 amide bonds. The highest BCUT2D eigenvalue weighted by molar-refractivity contribution is 7.92. The number of carbonyl (C=O) groups excluding carboxylic acids is 1. The number of likely N-dealkylation sites (tertiary alicyclic amines) is 1. The lowest BCUT2D eigenvalue weighted by Gasteiger charge is -2.22. The first kappa shape index (κ1) is 19.3. The van der Waals surface area contributed by atoms with Gasteiger partial charge in [-0.2, -0.15) is 0 Å². The Morgan fingerprint density at radius 1 is 1.22 bits per heavy atom. The van der Waals surface area contributed by atoms with E-state index in [1.54, 1.807) is 4.90 Å². The van der Waals surface area contributed by atoms with Crippen LogP contribution < -0.4 is 10.5 Å². The molecule has 27 heavy (non-hydrogen) atoms. The van der Waals surface area contributed by atoms with Crippen LogP contribution >= 0.6 is 0 Å². The second kappa shape index (κ2) is 7.28. The number of rotatable bonds is 5. The van der Waals surface area contributed by atoms with Crippen LogP contribution in [0.2, 0.25) is 0 Å². The number of anilines is 1. The molecule has 0 bridgehead atoms. The normalized spacial score (nSPS) is 19.9. The quantitative estimate of drug-likeness (QED) is 0.819. The van der Waals surface area contributed by atoms with Gasteiger partial charge in [0.15, 0.2) is 0 Å². The summed E-state index contributed by atoms with van der Waals surface area (Å²) in [4.78, 5) is 14.3. The third-order valence-electron chi connectivity index (χ3n) is 4.87. The van der Waals surface area contributed by atoms with Gasteiger partial charge in [0, 0.05) is 18.7 Å². The fourth-order valence-corrected chi connectivity index (χ4v) is 4.14. The van der Waals surface area contributed by atoms with Crippen LogP contribution in [0.3, 0.4) is 0 Å². The van der Waals surface area contributed by atoms with Gasteiger partial charge in [0.25, 0.3) is 15.9 Å². The Labute approximate surface area is 158 Å². The summed E-state index contributed by atoms with van der Waals surface area (Å²) >= 11 is 0. The van der Waals surface area contributed by atoms with Crippen molar-refractivity contribution in [2.75, 3.05) is 24.4 Å². The molecule has 144 valence electrons. The SMILES string of the molecule is CC1(CN)CCN(C(=O)c2ccc(S(=O)(=O)Nc3ccccc3F)cc2)C1. The van der Waals surface area contributed by atoms with Crippen LogP contribution in [0.5, 0.6) is 0 Å². The molecule has 0 aliphatic carbocycles. The molecule has 0 radical (unpaired) electrons. The minimum absolute atomic E-state index is 0.0458. The number of nitrogens with two attached hydrogens (primary N) is 1. The third kappa shape index (κ3) is 4.12. The Morgan fingerprint density at radius 3 is 2.48 bits per heavy atom. The standard InChI is InChI=1S/C19H22FN3O3S/c1-19(12-21)10-11-23(13-19)18(24)14-6-8-15(9-7-14)27(25,26)22-17-5-3-2-4-16(17)20/h2-9,22H,10-13,21H2,1H3. The number of sulfonamides is 1. The molecule has 8 heteroatoms. The molecular formula is C19H22FN3O3S. The molecule has 3 N–H and O–H groups in total. The van der Waals surface area contributed by atoms with Crippen LogP contribution in [-0.2, 0) is 10.0 Å². The number of amides is 1. The molecule has 0 aromatic heterocycles. The molecule has 1 aliphatic heterocycles. The Hall–Kier alpha value is -2.45. The first-order valence-electron chi connectivity index (χ1n) is 8.61. The predicted octanol–water partition coefficient (Wildman–Crippen LogP) is 2.44. The number of halogens is 1. The van der Waals surface area contributed by atoms with Crippen LogP contribution in [0.4, 0.5) is 10.1 Å². The molecule has 1 saturated heterocycles. The average molecular weight is 391 g/mol. The summed E-state index contributed by atoms with van der Waals surface area (Å²) in [5.41, 5.74) is 5.97. The van der Waals surface area contributed by atoms with Crippen molar-refractivity contribution in [2.45, 2.75) is 18.2 Å². The van der Waals surface area contributed by atoms with Crippen LogP contribution in [0.25, 0.3) is 0 Å². The maximum Gasteiger partial charge on any atom is 0.261 e. The van der Waals surface area contributed by atoms with E-state index in [2.05, 4.69) is 4.72 Å². The first-order valence-corrected chi connectivity index (χ1v) is 10.1. The molecule has 1 unspecified atom stereocenters. The summed E-state index contributed by atoms with van der Waals surface area (Å²) in [6.07, 6.45) is 0.842. The number of nitrogens with one attached hydrogen (secondary N) is 1. The molecule has 6 nitrogen and oxygen atoms in total. The summed E-state index contributed by atoms with van der Waals surface area (Å²) in [6.45, 7) is 3.76. The van der Waals surface area contributed by atoms with Gasteiger partial charge in [-0.3, -0.25) is 9.52 Å². The molecule has 2 aromatic carbocycles. The number of carbonyl (C=O) groups is 1. The van der Waals surface area contributed by atoms with Gasteiger partial charge in [-0.05, 0) is 54.8 Å². The number of benzene rings is 2. The van der Waals surface area contributed by atoms with Gasteiger partial charge < -0.3 is 10.6 Å². The summed E-state index contributed by atoms with van der Waals surface area (Å²) in [5, 5.41) is 0. The molecular weight excluding hydrogens is 369 g/mol. The Kier molecular flexibility index (Phi) is 5.21. The van der Waals surface area contributed by atoms with Crippen LogP contribution in [0, 0.1) is 11.2 Å². The number of hydrogen-bond acceptors (Lipinski definition) is 4. The van der Waals surface area contributed by atoms with Crippen molar-refractivity contribution < 1.29 is 17.6 Å². The van der Waals surface area contributed by atoms with Crippen molar-refractivity contribution in [1.82, 2.24) is 4.90 Å². The summed E-state index contributed by atoms with van der Waals surface area (Å²) in [6, 6.07) is 11.1. The van der Waals surface area contributed by atoms with E-state index in [0.717, 1.165) is 6.42 Å². The Bertz CT molecular complexity index is 947. The highest BCUT2D eigenvalue weighted by atomic mass is 32.2. The van der Waals surface area contributed by atoms with Gasteiger partial charge in [0.05, 0.1) is 10.6 Å². The van der Waals surface area contributed by atoms with Crippen molar-refractivity contribution in [2.24, 2.45) is 11.1 Å². The second-order valence-corrected chi connectivity index (χ2v) is 8.78. The van der Waals surface area contributed by atoms with Crippen molar-refractivity contribution in [3.63, 3.8) is 0 Å². The van der Waals surface area contributed by atoms with Crippen LogP contribution in [-0.4, -0.2) is 38.9 Å². The summed E-state index contributed by atoms with van der Waals surface area (Å²) in [5.74, 6) is -0.817. The van der Waals surface area contributed by atoms with Crippen molar-refractivity contribution in [3.05, 3.63) is 59.9 Å². The van der Waals surface area contributed by atoms with Gasteiger partial charge in [-0.15, -0.1) is 0 Å². The fourth-order valence-electron chi connectivity index (χ4n) is 3.07. The molecule has 3 rings (SSSR count). The van der Waals surface area contributed by atoms with Crippen molar-refractivity contribution in [3.8, 4) is 0 Å². The largest absolute Gasteiger partial charge is 0.338 e. The molecule has 1 heterocycles. The Morgan fingerprint density at radius 2 is 1.89 bits per heavy atom. The van der Waals surface area contributed by atoms with Gasteiger partial charge in [0.1, 0.15) is 5.82 Å². The third-order valence-corrected chi connectivity index (χ3v) is 6.25. The van der Waals surface area contributed by atoms with Gasteiger partial charge in [-0.1, -0.05) is 19.1 Å².